The molecule has 2 aromatic carbocycles. The number of benzene rings is 2. The van der Waals surface area contributed by atoms with Crippen LogP contribution in [0.4, 0.5) is 4.79 Å². The van der Waals surface area contributed by atoms with Gasteiger partial charge in [0.15, 0.2) is 0 Å². The Kier molecular flexibility index (Phi) is 8.06. The predicted octanol–water partition coefficient (Wildman–Crippen LogP) is 4.70. The van der Waals surface area contributed by atoms with E-state index in [1.807, 2.05) is 31.2 Å². The molecule has 1 atom stereocenters. The first-order chi connectivity index (χ1) is 17.0. The summed E-state index contributed by atoms with van der Waals surface area (Å²) in [6.45, 7) is 2.70. The molecule has 0 aliphatic heterocycles. The van der Waals surface area contributed by atoms with E-state index in [1.54, 1.807) is 0 Å². The molecular weight excluding hydrogens is 444 g/mol. The van der Waals surface area contributed by atoms with Crippen LogP contribution in [0.25, 0.3) is 11.1 Å². The van der Waals surface area contributed by atoms with Gasteiger partial charge in [-0.3, -0.25) is 4.79 Å². The maximum Gasteiger partial charge on any atom is 0.407 e. The summed E-state index contributed by atoms with van der Waals surface area (Å²) in [4.78, 5) is 36.2. The number of amides is 2. The van der Waals surface area contributed by atoms with E-state index in [0.717, 1.165) is 12.8 Å². The van der Waals surface area contributed by atoms with Crippen molar-refractivity contribution in [3.8, 4) is 11.1 Å². The molecule has 0 heterocycles. The van der Waals surface area contributed by atoms with Gasteiger partial charge in [0.25, 0.3) is 0 Å². The molecular formula is C28H34N2O5. The van der Waals surface area contributed by atoms with Crippen molar-refractivity contribution in [2.45, 2.75) is 57.4 Å². The van der Waals surface area contributed by atoms with E-state index in [0.29, 0.717) is 32.2 Å². The maximum atomic E-state index is 12.5. The second-order valence-corrected chi connectivity index (χ2v) is 9.61. The quantitative estimate of drug-likeness (QED) is 0.485. The van der Waals surface area contributed by atoms with Crippen molar-refractivity contribution < 1.29 is 24.2 Å². The molecule has 35 heavy (non-hydrogen) atoms. The fourth-order valence-corrected chi connectivity index (χ4v) is 5.34. The second kappa shape index (κ2) is 11.4. The minimum Gasteiger partial charge on any atom is -0.480 e. The number of aliphatic carboxylic acids is 1. The maximum absolute atomic E-state index is 12.5. The number of carbonyl (C=O) groups excluding carboxylic acids is 2. The molecule has 0 spiro atoms. The first-order valence-electron chi connectivity index (χ1n) is 12.6. The first kappa shape index (κ1) is 24.8. The van der Waals surface area contributed by atoms with Crippen LogP contribution in [0.3, 0.4) is 0 Å². The standard InChI is InChI=1S/C28H34N2O5/c1-2-7-25(27(32)33)30-26(31)19-14-12-18(13-15-19)16-29-28(34)35-17-24-22-10-5-3-8-20(22)21-9-4-6-11-23(21)24/h3-6,8-11,18-19,24-25H,2,7,12-17H2,1H3,(H,29,34)(H,30,31)(H,32,33)/t18?,19?,25-/m1/s1. The Morgan fingerprint density at radius 2 is 1.57 bits per heavy atom. The molecule has 0 bridgehead atoms. The van der Waals surface area contributed by atoms with Crippen LogP contribution in [-0.2, 0) is 14.3 Å². The van der Waals surface area contributed by atoms with Crippen LogP contribution in [0.15, 0.2) is 48.5 Å². The Balaban J connectivity index is 1.21. The lowest BCUT2D eigenvalue weighted by Gasteiger charge is -2.28. The summed E-state index contributed by atoms with van der Waals surface area (Å²) in [6.07, 6.45) is 3.73. The molecule has 0 saturated heterocycles. The number of carbonyl (C=O) groups is 3. The van der Waals surface area contributed by atoms with Crippen molar-refractivity contribution in [3.05, 3.63) is 59.7 Å². The highest BCUT2D eigenvalue weighted by molar-refractivity contribution is 5.85. The lowest BCUT2D eigenvalue weighted by Crippen LogP contribution is -2.44. The Labute approximate surface area is 206 Å². The van der Waals surface area contributed by atoms with E-state index in [4.69, 9.17) is 4.74 Å². The Morgan fingerprint density at radius 1 is 0.971 bits per heavy atom. The van der Waals surface area contributed by atoms with E-state index >= 15 is 0 Å². The smallest absolute Gasteiger partial charge is 0.407 e. The van der Waals surface area contributed by atoms with Gasteiger partial charge in [0.05, 0.1) is 0 Å². The Morgan fingerprint density at radius 3 is 2.14 bits per heavy atom. The summed E-state index contributed by atoms with van der Waals surface area (Å²) in [6, 6.07) is 15.7. The average molecular weight is 479 g/mol. The van der Waals surface area contributed by atoms with Crippen molar-refractivity contribution >= 4 is 18.0 Å². The Bertz CT molecular complexity index is 1020. The van der Waals surface area contributed by atoms with Crippen LogP contribution in [0, 0.1) is 11.8 Å². The summed E-state index contributed by atoms with van der Waals surface area (Å²) in [7, 11) is 0. The molecule has 0 radical (unpaired) electrons. The van der Waals surface area contributed by atoms with Crippen molar-refractivity contribution in [2.24, 2.45) is 11.8 Å². The van der Waals surface area contributed by atoms with Gasteiger partial charge in [0, 0.05) is 18.4 Å². The molecule has 1 saturated carbocycles. The highest BCUT2D eigenvalue weighted by Gasteiger charge is 2.31. The molecule has 186 valence electrons. The minimum absolute atomic E-state index is 0.0319. The fourth-order valence-electron chi connectivity index (χ4n) is 5.34. The van der Waals surface area contributed by atoms with Crippen molar-refractivity contribution in [3.63, 3.8) is 0 Å². The van der Waals surface area contributed by atoms with Gasteiger partial charge in [-0.2, -0.15) is 0 Å². The molecule has 0 aromatic heterocycles. The van der Waals surface area contributed by atoms with Crippen LogP contribution in [-0.4, -0.2) is 42.3 Å². The van der Waals surface area contributed by atoms with E-state index < -0.39 is 18.1 Å². The third kappa shape index (κ3) is 5.84. The van der Waals surface area contributed by atoms with Crippen molar-refractivity contribution in [2.75, 3.05) is 13.2 Å². The van der Waals surface area contributed by atoms with E-state index in [1.165, 1.54) is 22.3 Å². The molecule has 2 aromatic rings. The van der Waals surface area contributed by atoms with Crippen LogP contribution >= 0.6 is 0 Å². The SMILES string of the molecule is CCC[C@@H](NC(=O)C1CCC(CNC(=O)OCC2c3ccccc3-c3ccccc32)CC1)C(=O)O. The van der Waals surface area contributed by atoms with Crippen LogP contribution in [0.5, 0.6) is 0 Å². The van der Waals surface area contributed by atoms with Gasteiger partial charge in [-0.05, 0) is 60.3 Å². The van der Waals surface area contributed by atoms with Crippen molar-refractivity contribution in [1.82, 2.24) is 10.6 Å². The van der Waals surface area contributed by atoms with E-state index in [2.05, 4.69) is 34.9 Å². The number of hydrogen-bond acceptors (Lipinski definition) is 4. The number of carboxylic acids is 1. The van der Waals surface area contributed by atoms with Gasteiger partial charge in [0.1, 0.15) is 12.6 Å². The number of hydrogen-bond donors (Lipinski definition) is 3. The molecule has 1 fully saturated rings. The summed E-state index contributed by atoms with van der Waals surface area (Å²) < 4.78 is 5.61. The molecule has 2 amide bonds. The topological polar surface area (TPSA) is 105 Å². The van der Waals surface area contributed by atoms with Gasteiger partial charge in [0.2, 0.25) is 5.91 Å². The summed E-state index contributed by atoms with van der Waals surface area (Å²) in [5, 5.41) is 14.8. The van der Waals surface area contributed by atoms with Gasteiger partial charge in [-0.1, -0.05) is 61.9 Å². The monoisotopic (exact) mass is 478 g/mol. The van der Waals surface area contributed by atoms with Crippen LogP contribution in [0.1, 0.15) is 62.5 Å². The first-order valence-corrected chi connectivity index (χ1v) is 12.6. The predicted molar refractivity (Wildman–Crippen MR) is 133 cm³/mol. The third-order valence-corrected chi connectivity index (χ3v) is 7.29. The molecule has 3 N–H and O–H groups in total. The summed E-state index contributed by atoms with van der Waals surface area (Å²) in [5.41, 5.74) is 4.76. The fraction of sp³-hybridized carbons (Fsp3) is 0.464. The number of nitrogens with one attached hydrogen (secondary N) is 2. The molecule has 0 unspecified atom stereocenters. The second-order valence-electron chi connectivity index (χ2n) is 9.61. The van der Waals surface area contributed by atoms with Crippen molar-refractivity contribution in [1.29, 1.82) is 0 Å². The molecule has 7 heteroatoms. The van der Waals surface area contributed by atoms with Gasteiger partial charge >= 0.3 is 12.1 Å². The zero-order valence-corrected chi connectivity index (χ0v) is 20.2. The lowest BCUT2D eigenvalue weighted by atomic mass is 9.81. The molecule has 7 nitrogen and oxygen atoms in total. The highest BCUT2D eigenvalue weighted by Crippen LogP contribution is 2.44. The van der Waals surface area contributed by atoms with E-state index in [-0.39, 0.29) is 30.3 Å². The molecule has 4 rings (SSSR count). The largest absolute Gasteiger partial charge is 0.480 e. The zero-order valence-electron chi connectivity index (χ0n) is 20.2. The van der Waals surface area contributed by atoms with E-state index in [9.17, 15) is 19.5 Å². The average Bonchev–Trinajstić information content (AvgIpc) is 3.20. The Hall–Kier alpha value is -3.35. The number of carboxylic acid groups (broad SMARTS) is 1. The zero-order chi connectivity index (χ0) is 24.8. The number of alkyl carbamates (subject to hydrolysis) is 1. The van der Waals surface area contributed by atoms with Gasteiger partial charge in [-0.15, -0.1) is 0 Å². The number of fused-ring (bicyclic) bond motifs is 3. The third-order valence-electron chi connectivity index (χ3n) is 7.29. The lowest BCUT2D eigenvalue weighted by molar-refractivity contribution is -0.142. The minimum atomic E-state index is -0.985. The highest BCUT2D eigenvalue weighted by atomic mass is 16.5. The number of rotatable bonds is 9. The summed E-state index contributed by atoms with van der Waals surface area (Å²) >= 11 is 0. The van der Waals surface area contributed by atoms with Gasteiger partial charge < -0.3 is 20.5 Å². The normalized spacial score (nSPS) is 19.8. The van der Waals surface area contributed by atoms with Crippen LogP contribution < -0.4 is 10.6 Å². The number of ether oxygens (including phenoxy) is 1. The summed E-state index contributed by atoms with van der Waals surface area (Å²) in [5.74, 6) is -1.01. The van der Waals surface area contributed by atoms with Gasteiger partial charge in [-0.25, -0.2) is 9.59 Å². The molecule has 2 aliphatic carbocycles. The molecule has 2 aliphatic rings. The van der Waals surface area contributed by atoms with Crippen LogP contribution in [0.2, 0.25) is 0 Å².